The Balaban J connectivity index is 1.94. The number of nitrogens with one attached hydrogen (secondary N) is 1. The number of rotatable bonds is 10. The third kappa shape index (κ3) is 6.97. The summed E-state index contributed by atoms with van der Waals surface area (Å²) in [5.41, 5.74) is 1.44. The molecule has 10 heteroatoms. The van der Waals surface area contributed by atoms with E-state index in [2.05, 4.69) is 5.32 Å². The molecular weight excluding hydrogens is 505 g/mol. The molecule has 1 aliphatic rings. The van der Waals surface area contributed by atoms with Crippen LogP contribution in [0.4, 0.5) is 10.1 Å². The first-order valence-electron chi connectivity index (χ1n) is 12.1. The van der Waals surface area contributed by atoms with Crippen molar-refractivity contribution in [3.05, 3.63) is 64.4 Å². The Labute approximate surface area is 217 Å². The molecule has 0 radical (unpaired) electrons. The van der Waals surface area contributed by atoms with Crippen LogP contribution in [-0.4, -0.2) is 50.0 Å². The molecule has 3 rings (SSSR count). The van der Waals surface area contributed by atoms with Gasteiger partial charge in [-0.05, 0) is 61.6 Å². The minimum absolute atomic E-state index is 0.0296. The first-order chi connectivity index (χ1) is 17.0. The van der Waals surface area contributed by atoms with E-state index in [9.17, 15) is 22.4 Å². The highest BCUT2D eigenvalue weighted by Gasteiger charge is 2.33. The number of amides is 2. The second kappa shape index (κ2) is 12.1. The fourth-order valence-corrected chi connectivity index (χ4v) is 5.60. The Hall–Kier alpha value is -2.65. The summed E-state index contributed by atoms with van der Waals surface area (Å²) in [5, 5.41) is 3.42. The molecule has 0 unspecified atom stereocenters. The predicted octanol–water partition coefficient (Wildman–Crippen LogP) is 4.42. The number of halogens is 2. The van der Waals surface area contributed by atoms with Crippen LogP contribution in [0, 0.1) is 12.7 Å². The lowest BCUT2D eigenvalue weighted by atomic mass is 10.1. The number of carbonyl (C=O) groups excluding carboxylic acids is 2. The van der Waals surface area contributed by atoms with Gasteiger partial charge in [0, 0.05) is 17.6 Å². The van der Waals surface area contributed by atoms with Gasteiger partial charge in [-0.3, -0.25) is 13.9 Å². The zero-order chi connectivity index (χ0) is 26.5. The van der Waals surface area contributed by atoms with Crippen LogP contribution in [0.5, 0.6) is 0 Å². The first-order valence-corrected chi connectivity index (χ1v) is 14.3. The second-order valence-electron chi connectivity index (χ2n) is 9.22. The first kappa shape index (κ1) is 27.9. The van der Waals surface area contributed by atoms with Crippen molar-refractivity contribution >= 4 is 39.1 Å². The van der Waals surface area contributed by atoms with Crippen LogP contribution in [0.15, 0.2) is 42.5 Å². The summed E-state index contributed by atoms with van der Waals surface area (Å²) in [6.07, 6.45) is 5.23. The highest BCUT2D eigenvalue weighted by Crippen LogP contribution is 2.28. The number of benzene rings is 2. The van der Waals surface area contributed by atoms with Gasteiger partial charge in [0.15, 0.2) is 0 Å². The number of nitrogens with zero attached hydrogens (tertiary/aromatic N) is 2. The lowest BCUT2D eigenvalue weighted by Gasteiger charge is -2.33. The van der Waals surface area contributed by atoms with Gasteiger partial charge in [-0.2, -0.15) is 0 Å². The molecule has 36 heavy (non-hydrogen) atoms. The molecule has 1 aliphatic carbocycles. The van der Waals surface area contributed by atoms with E-state index >= 15 is 0 Å². The van der Waals surface area contributed by atoms with Crippen molar-refractivity contribution in [1.29, 1.82) is 0 Å². The molecule has 2 aromatic carbocycles. The summed E-state index contributed by atoms with van der Waals surface area (Å²) in [6, 6.07) is 9.77. The van der Waals surface area contributed by atoms with Crippen LogP contribution in [0.1, 0.15) is 50.2 Å². The van der Waals surface area contributed by atoms with Crippen molar-refractivity contribution in [3.63, 3.8) is 0 Å². The summed E-state index contributed by atoms with van der Waals surface area (Å²) in [6.45, 7) is 3.01. The second-order valence-corrected chi connectivity index (χ2v) is 11.5. The van der Waals surface area contributed by atoms with E-state index in [1.165, 1.54) is 17.0 Å². The normalized spacial score (nSPS) is 14.9. The molecule has 1 N–H and O–H groups in total. The molecule has 7 nitrogen and oxygen atoms in total. The van der Waals surface area contributed by atoms with Crippen molar-refractivity contribution in [3.8, 4) is 0 Å². The third-order valence-electron chi connectivity index (χ3n) is 6.54. The standard InChI is InChI=1S/C26H33ClFN3O4S/c1-4-23(26(33)29-21-8-5-6-9-21)30(16-19-12-14-20(28)15-13-19)25(32)17-31(36(3,34)35)24-11-7-10-22(27)18(24)2/h7,10-15,21,23H,4-6,8-9,16-17H2,1-3H3,(H,29,33)/t23-/m0/s1. The van der Waals surface area contributed by atoms with Gasteiger partial charge in [-0.15, -0.1) is 0 Å². The lowest BCUT2D eigenvalue weighted by molar-refractivity contribution is -0.140. The largest absolute Gasteiger partial charge is 0.352 e. The molecule has 2 aromatic rings. The van der Waals surface area contributed by atoms with Crippen molar-refractivity contribution < 1.29 is 22.4 Å². The van der Waals surface area contributed by atoms with Crippen LogP contribution in [-0.2, 0) is 26.2 Å². The average Bonchev–Trinajstić information content (AvgIpc) is 3.33. The number of carbonyl (C=O) groups is 2. The molecule has 0 spiro atoms. The summed E-state index contributed by atoms with van der Waals surface area (Å²) in [7, 11) is -3.86. The fourth-order valence-electron chi connectivity index (χ4n) is 4.53. The molecule has 1 atom stereocenters. The van der Waals surface area contributed by atoms with Crippen molar-refractivity contribution in [2.24, 2.45) is 0 Å². The maximum atomic E-state index is 13.7. The maximum absolute atomic E-state index is 13.7. The topological polar surface area (TPSA) is 86.8 Å². The highest BCUT2D eigenvalue weighted by atomic mass is 35.5. The Morgan fingerprint density at radius 2 is 1.78 bits per heavy atom. The van der Waals surface area contributed by atoms with Crippen LogP contribution in [0.2, 0.25) is 5.02 Å². The Morgan fingerprint density at radius 1 is 1.14 bits per heavy atom. The van der Waals surface area contributed by atoms with Gasteiger partial charge < -0.3 is 10.2 Å². The summed E-state index contributed by atoms with van der Waals surface area (Å²) in [4.78, 5) is 28.4. The van der Waals surface area contributed by atoms with Gasteiger partial charge in [0.1, 0.15) is 18.4 Å². The van der Waals surface area contributed by atoms with Gasteiger partial charge in [0.2, 0.25) is 21.8 Å². The van der Waals surface area contributed by atoms with Crippen LogP contribution in [0.25, 0.3) is 0 Å². The van der Waals surface area contributed by atoms with E-state index in [-0.39, 0.29) is 18.5 Å². The van der Waals surface area contributed by atoms with Crippen LogP contribution >= 0.6 is 11.6 Å². The summed E-state index contributed by atoms with van der Waals surface area (Å²) in [5.74, 6) is -1.23. The predicted molar refractivity (Wildman–Crippen MR) is 140 cm³/mol. The van der Waals surface area contributed by atoms with E-state index in [4.69, 9.17) is 11.6 Å². The molecule has 0 saturated heterocycles. The molecule has 1 saturated carbocycles. The molecule has 1 fully saturated rings. The van der Waals surface area contributed by atoms with Gasteiger partial charge in [0.25, 0.3) is 0 Å². The number of anilines is 1. The molecule has 2 amide bonds. The smallest absolute Gasteiger partial charge is 0.244 e. The molecule has 0 heterocycles. The minimum Gasteiger partial charge on any atom is -0.352 e. The van der Waals surface area contributed by atoms with E-state index < -0.39 is 34.3 Å². The number of sulfonamides is 1. The Morgan fingerprint density at radius 3 is 2.36 bits per heavy atom. The lowest BCUT2D eigenvalue weighted by Crippen LogP contribution is -2.53. The average molecular weight is 538 g/mol. The number of hydrogen-bond acceptors (Lipinski definition) is 4. The third-order valence-corrected chi connectivity index (χ3v) is 8.08. The zero-order valence-corrected chi connectivity index (χ0v) is 22.4. The maximum Gasteiger partial charge on any atom is 0.244 e. The van der Waals surface area contributed by atoms with Gasteiger partial charge in [0.05, 0.1) is 11.9 Å². The van der Waals surface area contributed by atoms with Crippen molar-refractivity contribution in [2.45, 2.75) is 64.6 Å². The molecule has 0 aromatic heterocycles. The molecule has 0 bridgehead atoms. The Kier molecular flexibility index (Phi) is 9.35. The van der Waals surface area contributed by atoms with Gasteiger partial charge in [-0.1, -0.05) is 49.6 Å². The van der Waals surface area contributed by atoms with Crippen LogP contribution in [0.3, 0.4) is 0 Å². The van der Waals surface area contributed by atoms with Gasteiger partial charge in [-0.25, -0.2) is 12.8 Å². The molecule has 0 aliphatic heterocycles. The van der Waals surface area contributed by atoms with E-state index in [0.717, 1.165) is 36.2 Å². The molecule has 196 valence electrons. The minimum atomic E-state index is -3.86. The van der Waals surface area contributed by atoms with E-state index in [1.54, 1.807) is 44.2 Å². The number of hydrogen-bond donors (Lipinski definition) is 1. The van der Waals surface area contributed by atoms with E-state index in [1.807, 2.05) is 0 Å². The summed E-state index contributed by atoms with van der Waals surface area (Å²) < 4.78 is 40.0. The van der Waals surface area contributed by atoms with Crippen LogP contribution < -0.4 is 9.62 Å². The SMILES string of the molecule is CC[C@@H](C(=O)NC1CCCC1)N(Cc1ccc(F)cc1)C(=O)CN(c1cccc(Cl)c1C)S(C)(=O)=O. The summed E-state index contributed by atoms with van der Waals surface area (Å²) >= 11 is 6.22. The quantitative estimate of drug-likeness (QED) is 0.486. The highest BCUT2D eigenvalue weighted by molar-refractivity contribution is 7.92. The van der Waals surface area contributed by atoms with Gasteiger partial charge >= 0.3 is 0 Å². The van der Waals surface area contributed by atoms with E-state index in [0.29, 0.717) is 28.3 Å². The molecular formula is C26H33ClFN3O4S. The Bertz CT molecular complexity index is 1180. The van der Waals surface area contributed by atoms with Crippen molar-refractivity contribution in [2.75, 3.05) is 17.1 Å². The van der Waals surface area contributed by atoms with Crippen molar-refractivity contribution in [1.82, 2.24) is 10.2 Å². The fraction of sp³-hybridized carbons (Fsp3) is 0.462. The zero-order valence-electron chi connectivity index (χ0n) is 20.8. The monoisotopic (exact) mass is 537 g/mol.